The number of carbonyl (C=O) groups is 1. The number of nitrogens with zero attached hydrogens (tertiary/aromatic N) is 3. The van der Waals surface area contributed by atoms with E-state index in [1.54, 1.807) is 22.2 Å². The molecule has 0 aromatic carbocycles. The van der Waals surface area contributed by atoms with Crippen molar-refractivity contribution in [2.75, 3.05) is 5.32 Å². The van der Waals surface area contributed by atoms with Gasteiger partial charge in [0.15, 0.2) is 0 Å². The molecule has 24 heavy (non-hydrogen) atoms. The topological polar surface area (TPSA) is 75.6 Å². The van der Waals surface area contributed by atoms with Gasteiger partial charge in [-0.1, -0.05) is 13.8 Å². The molecule has 124 valence electrons. The minimum atomic E-state index is 0.0438. The number of fused-ring (bicyclic) bond motifs is 1. The molecule has 4 heterocycles. The Kier molecular flexibility index (Phi) is 3.53. The lowest BCUT2D eigenvalue weighted by Crippen LogP contribution is -2.24. The number of thiophene rings is 1. The SMILES string of the molecule is CC(C)c1nn(C)c2c1C(c1ccc(-c3ccn[nH]3)s1)CC(=O)N2. The van der Waals surface area contributed by atoms with E-state index in [1.165, 1.54) is 4.88 Å². The highest BCUT2D eigenvalue weighted by Gasteiger charge is 2.34. The van der Waals surface area contributed by atoms with E-state index in [-0.39, 0.29) is 11.8 Å². The first-order valence-corrected chi connectivity index (χ1v) is 8.82. The lowest BCUT2D eigenvalue weighted by atomic mass is 9.88. The summed E-state index contributed by atoms with van der Waals surface area (Å²) in [6.45, 7) is 4.28. The van der Waals surface area contributed by atoms with Gasteiger partial charge in [-0.2, -0.15) is 10.2 Å². The molecule has 0 saturated carbocycles. The van der Waals surface area contributed by atoms with Crippen LogP contribution in [0.15, 0.2) is 24.4 Å². The maximum absolute atomic E-state index is 12.2. The number of aryl methyl sites for hydroxylation is 1. The Bertz CT molecular complexity index is 890. The van der Waals surface area contributed by atoms with Gasteiger partial charge in [0.25, 0.3) is 0 Å². The van der Waals surface area contributed by atoms with Gasteiger partial charge >= 0.3 is 0 Å². The zero-order valence-corrected chi connectivity index (χ0v) is 14.6. The van der Waals surface area contributed by atoms with Crippen LogP contribution in [-0.2, 0) is 11.8 Å². The molecule has 4 rings (SSSR count). The summed E-state index contributed by atoms with van der Waals surface area (Å²) in [6.07, 6.45) is 2.21. The Morgan fingerprint density at radius 1 is 1.33 bits per heavy atom. The van der Waals surface area contributed by atoms with Gasteiger partial charge in [-0.3, -0.25) is 14.6 Å². The Morgan fingerprint density at radius 2 is 2.17 bits per heavy atom. The molecule has 0 fully saturated rings. The molecular weight excluding hydrogens is 322 g/mol. The Morgan fingerprint density at radius 3 is 2.88 bits per heavy atom. The molecule has 0 bridgehead atoms. The first-order chi connectivity index (χ1) is 11.5. The number of H-pyrrole nitrogens is 1. The van der Waals surface area contributed by atoms with Gasteiger partial charge in [0.2, 0.25) is 5.91 Å². The van der Waals surface area contributed by atoms with E-state index in [4.69, 9.17) is 0 Å². The molecule has 1 aliphatic rings. The van der Waals surface area contributed by atoms with Crippen molar-refractivity contribution in [2.45, 2.75) is 32.1 Å². The molecule has 3 aromatic rings. The zero-order chi connectivity index (χ0) is 16.8. The second-order valence-corrected chi connectivity index (χ2v) is 7.52. The van der Waals surface area contributed by atoms with Gasteiger partial charge in [0, 0.05) is 36.0 Å². The summed E-state index contributed by atoms with van der Waals surface area (Å²) in [5, 5.41) is 14.6. The molecule has 3 aromatic heterocycles. The molecule has 1 amide bonds. The van der Waals surface area contributed by atoms with E-state index >= 15 is 0 Å². The minimum Gasteiger partial charge on any atom is -0.311 e. The van der Waals surface area contributed by atoms with Gasteiger partial charge in [0.1, 0.15) is 5.82 Å². The standard InChI is InChI=1S/C17H19N5OS/c1-9(2)16-15-10(8-14(23)19-17(15)22(3)21-16)12-4-5-13(24-12)11-6-7-18-20-11/h4-7,9-10H,8H2,1-3H3,(H,18,20)(H,19,23). The smallest absolute Gasteiger partial charge is 0.226 e. The van der Waals surface area contributed by atoms with Crippen LogP contribution in [0, 0.1) is 0 Å². The third-order valence-corrected chi connectivity index (χ3v) is 5.62. The van der Waals surface area contributed by atoms with Gasteiger partial charge in [-0.15, -0.1) is 11.3 Å². The van der Waals surface area contributed by atoms with Crippen LogP contribution >= 0.6 is 11.3 Å². The van der Waals surface area contributed by atoms with Crippen molar-refractivity contribution in [1.82, 2.24) is 20.0 Å². The lowest BCUT2D eigenvalue weighted by molar-refractivity contribution is -0.116. The van der Waals surface area contributed by atoms with Crippen LogP contribution in [0.1, 0.15) is 48.2 Å². The second kappa shape index (κ2) is 5.59. The van der Waals surface area contributed by atoms with Crippen LogP contribution in [-0.4, -0.2) is 25.9 Å². The van der Waals surface area contributed by atoms with Gasteiger partial charge in [-0.05, 0) is 24.1 Å². The fraction of sp³-hybridized carbons (Fsp3) is 0.353. The van der Waals surface area contributed by atoms with E-state index in [2.05, 4.69) is 46.6 Å². The van der Waals surface area contributed by atoms with Crippen LogP contribution < -0.4 is 5.32 Å². The van der Waals surface area contributed by atoms with Crippen LogP contribution in [0.3, 0.4) is 0 Å². The normalized spacial score (nSPS) is 17.2. The van der Waals surface area contributed by atoms with Gasteiger partial charge < -0.3 is 5.32 Å². The fourth-order valence-electron chi connectivity index (χ4n) is 3.27. The van der Waals surface area contributed by atoms with Crippen molar-refractivity contribution in [3.05, 3.63) is 40.5 Å². The summed E-state index contributed by atoms with van der Waals surface area (Å²) in [4.78, 5) is 14.5. The van der Waals surface area contributed by atoms with Crippen molar-refractivity contribution < 1.29 is 4.79 Å². The van der Waals surface area contributed by atoms with Crippen LogP contribution in [0.4, 0.5) is 5.82 Å². The highest BCUT2D eigenvalue weighted by molar-refractivity contribution is 7.15. The highest BCUT2D eigenvalue weighted by Crippen LogP contribution is 2.44. The maximum Gasteiger partial charge on any atom is 0.226 e. The van der Waals surface area contributed by atoms with Crippen molar-refractivity contribution >= 4 is 23.1 Å². The average molecular weight is 341 g/mol. The average Bonchev–Trinajstić information content (AvgIpc) is 3.25. The number of amides is 1. The number of hydrogen-bond acceptors (Lipinski definition) is 4. The quantitative estimate of drug-likeness (QED) is 0.766. The third kappa shape index (κ3) is 2.36. The van der Waals surface area contributed by atoms with E-state index in [1.807, 2.05) is 13.1 Å². The molecule has 0 radical (unpaired) electrons. The Balaban J connectivity index is 1.81. The predicted octanol–water partition coefficient (Wildman–Crippen LogP) is 3.47. The Labute approximate surface area is 143 Å². The van der Waals surface area contributed by atoms with E-state index in [9.17, 15) is 4.79 Å². The monoisotopic (exact) mass is 341 g/mol. The molecule has 7 heteroatoms. The van der Waals surface area contributed by atoms with Crippen molar-refractivity contribution in [3.8, 4) is 10.6 Å². The van der Waals surface area contributed by atoms with Crippen LogP contribution in [0.2, 0.25) is 0 Å². The lowest BCUT2D eigenvalue weighted by Gasteiger charge is -2.23. The van der Waals surface area contributed by atoms with Crippen molar-refractivity contribution in [2.24, 2.45) is 7.05 Å². The molecule has 0 aliphatic carbocycles. The molecule has 1 unspecified atom stereocenters. The van der Waals surface area contributed by atoms with Gasteiger partial charge in [-0.25, -0.2) is 0 Å². The number of aromatic nitrogens is 4. The molecule has 6 nitrogen and oxygen atoms in total. The molecule has 1 aliphatic heterocycles. The number of aromatic amines is 1. The summed E-state index contributed by atoms with van der Waals surface area (Å²) in [6, 6.07) is 6.16. The molecule has 0 saturated heterocycles. The number of anilines is 1. The van der Waals surface area contributed by atoms with Crippen molar-refractivity contribution in [1.29, 1.82) is 0 Å². The molecule has 0 spiro atoms. The maximum atomic E-state index is 12.2. The van der Waals surface area contributed by atoms with Gasteiger partial charge in [0.05, 0.1) is 16.3 Å². The number of carbonyl (C=O) groups excluding carboxylic acids is 1. The summed E-state index contributed by atoms with van der Waals surface area (Å²) in [5.74, 6) is 1.24. The summed E-state index contributed by atoms with van der Waals surface area (Å²) in [7, 11) is 1.89. The highest BCUT2D eigenvalue weighted by atomic mass is 32.1. The summed E-state index contributed by atoms with van der Waals surface area (Å²) in [5.41, 5.74) is 3.22. The number of hydrogen-bond donors (Lipinski definition) is 2. The van der Waals surface area contributed by atoms with Crippen LogP contribution in [0.5, 0.6) is 0 Å². The summed E-state index contributed by atoms with van der Waals surface area (Å²) < 4.78 is 1.79. The predicted molar refractivity (Wildman–Crippen MR) is 94.3 cm³/mol. The number of rotatable bonds is 3. The molecule has 2 N–H and O–H groups in total. The van der Waals surface area contributed by atoms with E-state index in [0.29, 0.717) is 12.3 Å². The molecular formula is C17H19N5OS. The van der Waals surface area contributed by atoms with Crippen molar-refractivity contribution in [3.63, 3.8) is 0 Å². The van der Waals surface area contributed by atoms with Crippen LogP contribution in [0.25, 0.3) is 10.6 Å². The largest absolute Gasteiger partial charge is 0.311 e. The summed E-state index contributed by atoms with van der Waals surface area (Å²) >= 11 is 1.70. The third-order valence-electron chi connectivity index (χ3n) is 4.39. The fourth-order valence-corrected chi connectivity index (χ4v) is 4.36. The Hall–Kier alpha value is -2.41. The second-order valence-electron chi connectivity index (χ2n) is 6.40. The number of nitrogens with one attached hydrogen (secondary N) is 2. The molecule has 1 atom stereocenters. The first-order valence-electron chi connectivity index (χ1n) is 8.00. The van der Waals surface area contributed by atoms with E-state index in [0.717, 1.165) is 27.6 Å². The zero-order valence-electron chi connectivity index (χ0n) is 13.8. The minimum absolute atomic E-state index is 0.0438. The van der Waals surface area contributed by atoms with E-state index < -0.39 is 0 Å². The first kappa shape index (κ1) is 15.1.